The molecule has 3 N–H and O–H groups in total. The molecule has 208 valence electrons. The molecular formula is C28H46N4O5. The van der Waals surface area contributed by atoms with E-state index in [9.17, 15) is 4.79 Å². The number of nitrogens with zero attached hydrogens (tertiary/aromatic N) is 2. The average Bonchev–Trinajstić information content (AvgIpc) is 3.40. The molecule has 0 saturated carbocycles. The van der Waals surface area contributed by atoms with Crippen LogP contribution in [0.1, 0.15) is 60.6 Å². The first-order valence-electron chi connectivity index (χ1n) is 13.6. The fraction of sp³-hybridized carbons (Fsp3) is 0.714. The first kappa shape index (κ1) is 29.4. The van der Waals surface area contributed by atoms with Crippen LogP contribution < -0.4 is 11.1 Å². The highest BCUT2D eigenvalue weighted by Gasteiger charge is 2.48. The van der Waals surface area contributed by atoms with Gasteiger partial charge in [0.05, 0.1) is 24.1 Å². The Kier molecular flexibility index (Phi) is 11.2. The number of fused-ring (bicyclic) bond motifs is 1. The number of nitrogens with one attached hydrogen (secondary N) is 1. The van der Waals surface area contributed by atoms with Crippen molar-refractivity contribution in [3.05, 3.63) is 24.5 Å². The topological polar surface area (TPSA) is 110 Å². The van der Waals surface area contributed by atoms with Crippen molar-refractivity contribution in [2.75, 3.05) is 38.3 Å². The summed E-state index contributed by atoms with van der Waals surface area (Å²) in [6, 6.07) is 6.02. The van der Waals surface area contributed by atoms with Gasteiger partial charge in [0.15, 0.2) is 6.23 Å². The van der Waals surface area contributed by atoms with Crippen LogP contribution in [0.15, 0.2) is 24.5 Å². The number of amides is 1. The third-order valence-electron chi connectivity index (χ3n) is 6.06. The predicted octanol–water partition coefficient (Wildman–Crippen LogP) is 4.37. The van der Waals surface area contributed by atoms with Gasteiger partial charge in [0.25, 0.3) is 0 Å². The number of carbonyl (C=O) groups is 1. The number of hydrogen-bond acceptors (Lipinski definition) is 7. The van der Waals surface area contributed by atoms with Crippen LogP contribution in [0, 0.1) is 17.8 Å². The largest absolute Gasteiger partial charge is 0.383 e. The van der Waals surface area contributed by atoms with Crippen LogP contribution in [0.5, 0.6) is 0 Å². The predicted molar refractivity (Wildman–Crippen MR) is 145 cm³/mol. The maximum Gasteiger partial charge on any atom is 0.217 e. The molecule has 3 rings (SSSR count). The Morgan fingerprint density at radius 1 is 1.05 bits per heavy atom. The molecule has 2 aromatic rings. The minimum absolute atomic E-state index is 0.257. The molecule has 0 radical (unpaired) electrons. The summed E-state index contributed by atoms with van der Waals surface area (Å²) in [6.45, 7) is 15.8. The number of para-hydroxylation sites is 1. The van der Waals surface area contributed by atoms with Gasteiger partial charge >= 0.3 is 0 Å². The second-order valence-electron chi connectivity index (χ2n) is 11.2. The summed E-state index contributed by atoms with van der Waals surface area (Å²) in [5.41, 5.74) is 7.95. The highest BCUT2D eigenvalue weighted by molar-refractivity contribution is 5.88. The molecule has 1 aromatic heterocycles. The number of benzene rings is 1. The number of carbonyl (C=O) groups excluding carboxylic acids is 1. The molecule has 1 aliphatic rings. The summed E-state index contributed by atoms with van der Waals surface area (Å²) in [7, 11) is 0. The molecule has 2 heterocycles. The zero-order valence-electron chi connectivity index (χ0n) is 23.3. The van der Waals surface area contributed by atoms with Crippen molar-refractivity contribution in [3.8, 4) is 0 Å². The molecule has 1 saturated heterocycles. The molecule has 0 aliphatic carbocycles. The smallest absolute Gasteiger partial charge is 0.217 e. The minimum atomic E-state index is -0.404. The number of ether oxygens (including phenoxy) is 4. The Morgan fingerprint density at radius 2 is 1.73 bits per heavy atom. The summed E-state index contributed by atoms with van der Waals surface area (Å²) in [5, 5.41) is 3.39. The lowest BCUT2D eigenvalue weighted by Crippen LogP contribution is -2.40. The Hall–Kier alpha value is -2.20. The SMILES string of the molecule is CC(C)COCC1OC(n2cnc3c(NCCCC(N)=O)cccc32)C(OCC(C)C)C1OCC(C)C. The second-order valence-corrected chi connectivity index (χ2v) is 11.2. The standard InChI is InChI=1S/C28H46N4O5/c1-18(2)13-34-16-23-26(35-14-19(3)4)27(36-15-20(5)6)28(37-23)32-17-31-25-21(9-7-10-22(25)32)30-12-8-11-24(29)33/h7,9-10,17-20,23,26-28,30H,8,11-16H2,1-6H3,(H2,29,33). The summed E-state index contributed by atoms with van der Waals surface area (Å²) < 4.78 is 27.6. The molecule has 1 aliphatic heterocycles. The van der Waals surface area contributed by atoms with Gasteiger partial charge in [0, 0.05) is 32.8 Å². The van der Waals surface area contributed by atoms with Crippen LogP contribution >= 0.6 is 0 Å². The molecule has 9 heteroatoms. The van der Waals surface area contributed by atoms with Crippen molar-refractivity contribution in [2.24, 2.45) is 23.5 Å². The van der Waals surface area contributed by atoms with Crippen molar-refractivity contribution >= 4 is 22.6 Å². The lowest BCUT2D eigenvalue weighted by molar-refractivity contribution is -0.118. The van der Waals surface area contributed by atoms with E-state index in [1.807, 2.05) is 29.1 Å². The second kappa shape index (κ2) is 14.1. The zero-order chi connectivity index (χ0) is 26.9. The monoisotopic (exact) mass is 518 g/mol. The molecule has 1 fully saturated rings. The van der Waals surface area contributed by atoms with Crippen LogP contribution in [-0.4, -0.2) is 66.7 Å². The summed E-state index contributed by atoms with van der Waals surface area (Å²) in [5.74, 6) is 0.903. The number of nitrogens with two attached hydrogens (primary N) is 1. The maximum atomic E-state index is 11.1. The van der Waals surface area contributed by atoms with E-state index >= 15 is 0 Å². The molecule has 37 heavy (non-hydrogen) atoms. The molecule has 0 bridgehead atoms. The number of rotatable bonds is 16. The lowest BCUT2D eigenvalue weighted by atomic mass is 10.1. The summed E-state index contributed by atoms with van der Waals surface area (Å²) in [6.07, 6.45) is 1.60. The number of primary amides is 1. The number of aromatic nitrogens is 2. The van der Waals surface area contributed by atoms with Crippen LogP contribution in [0.3, 0.4) is 0 Å². The number of hydrogen-bond donors (Lipinski definition) is 2. The van der Waals surface area contributed by atoms with E-state index in [4.69, 9.17) is 29.7 Å². The molecule has 4 unspecified atom stereocenters. The van der Waals surface area contributed by atoms with Crippen LogP contribution in [-0.2, 0) is 23.7 Å². The highest BCUT2D eigenvalue weighted by Crippen LogP contribution is 2.37. The third kappa shape index (κ3) is 8.40. The van der Waals surface area contributed by atoms with Crippen molar-refractivity contribution in [1.82, 2.24) is 9.55 Å². The van der Waals surface area contributed by atoms with Crippen molar-refractivity contribution in [2.45, 2.75) is 78.9 Å². The van der Waals surface area contributed by atoms with Gasteiger partial charge in [-0.15, -0.1) is 0 Å². The fourth-order valence-electron chi connectivity index (χ4n) is 4.36. The van der Waals surface area contributed by atoms with Crippen molar-refractivity contribution < 1.29 is 23.7 Å². The molecular weight excluding hydrogens is 472 g/mol. The van der Waals surface area contributed by atoms with E-state index in [-0.39, 0.29) is 24.2 Å². The zero-order valence-corrected chi connectivity index (χ0v) is 23.3. The van der Waals surface area contributed by atoms with Crippen LogP contribution in [0.2, 0.25) is 0 Å². The van der Waals surface area contributed by atoms with Gasteiger partial charge in [-0.05, 0) is 36.3 Å². The first-order chi connectivity index (χ1) is 17.7. The quantitative estimate of drug-likeness (QED) is 0.318. The summed E-state index contributed by atoms with van der Waals surface area (Å²) in [4.78, 5) is 15.8. The lowest BCUT2D eigenvalue weighted by Gasteiger charge is -2.27. The van der Waals surface area contributed by atoms with Crippen molar-refractivity contribution in [3.63, 3.8) is 0 Å². The Labute approximate surface area is 221 Å². The third-order valence-corrected chi connectivity index (χ3v) is 6.06. The van der Waals surface area contributed by atoms with Gasteiger partial charge < -0.3 is 34.6 Å². The molecule has 9 nitrogen and oxygen atoms in total. The fourth-order valence-corrected chi connectivity index (χ4v) is 4.36. The average molecular weight is 519 g/mol. The van der Waals surface area contributed by atoms with Crippen LogP contribution in [0.4, 0.5) is 5.69 Å². The Balaban J connectivity index is 1.87. The van der Waals surface area contributed by atoms with Gasteiger partial charge in [-0.3, -0.25) is 4.79 Å². The number of imidazole rings is 1. The van der Waals surface area contributed by atoms with Crippen LogP contribution in [0.25, 0.3) is 11.0 Å². The Morgan fingerprint density at radius 3 is 2.38 bits per heavy atom. The van der Waals surface area contributed by atoms with Gasteiger partial charge in [0.2, 0.25) is 5.91 Å². The molecule has 0 spiro atoms. The first-order valence-corrected chi connectivity index (χ1v) is 13.6. The normalized spacial score (nSPS) is 22.1. The van der Waals surface area contributed by atoms with Crippen molar-refractivity contribution in [1.29, 1.82) is 0 Å². The van der Waals surface area contributed by atoms with E-state index in [1.54, 1.807) is 0 Å². The highest BCUT2D eigenvalue weighted by atomic mass is 16.6. The Bertz CT molecular complexity index is 977. The van der Waals surface area contributed by atoms with E-state index in [0.717, 1.165) is 16.7 Å². The van der Waals surface area contributed by atoms with E-state index in [2.05, 4.69) is 46.9 Å². The minimum Gasteiger partial charge on any atom is -0.383 e. The summed E-state index contributed by atoms with van der Waals surface area (Å²) >= 11 is 0. The van der Waals surface area contributed by atoms with Gasteiger partial charge in [-0.25, -0.2) is 4.98 Å². The number of anilines is 1. The molecule has 4 atom stereocenters. The maximum absolute atomic E-state index is 11.1. The molecule has 1 amide bonds. The van der Waals surface area contributed by atoms with E-state index in [1.165, 1.54) is 0 Å². The van der Waals surface area contributed by atoms with Gasteiger partial charge in [0.1, 0.15) is 23.8 Å². The van der Waals surface area contributed by atoms with E-state index in [0.29, 0.717) is 63.6 Å². The van der Waals surface area contributed by atoms with Gasteiger partial charge in [-0.2, -0.15) is 0 Å². The van der Waals surface area contributed by atoms with Gasteiger partial charge in [-0.1, -0.05) is 47.6 Å². The van der Waals surface area contributed by atoms with E-state index < -0.39 is 6.23 Å². The molecule has 1 aromatic carbocycles.